The second-order valence-electron chi connectivity index (χ2n) is 7.11. The van der Waals surface area contributed by atoms with Crippen LogP contribution in [0.3, 0.4) is 0 Å². The summed E-state index contributed by atoms with van der Waals surface area (Å²) >= 11 is 0.893. The fourth-order valence-electron chi connectivity index (χ4n) is 3.80. The third-order valence-corrected chi connectivity index (χ3v) is 6.16. The molecular weight excluding hydrogens is 406 g/mol. The molecule has 2 aromatic carbocycles. The first-order valence-corrected chi connectivity index (χ1v) is 10.6. The molecule has 3 rings (SSSR count). The quantitative estimate of drug-likeness (QED) is 0.533. The van der Waals surface area contributed by atoms with E-state index in [4.69, 9.17) is 4.74 Å². The minimum absolute atomic E-state index is 0.0316. The van der Waals surface area contributed by atoms with Crippen LogP contribution in [0.5, 0.6) is 5.75 Å². The molecule has 0 radical (unpaired) electrons. The molecule has 1 aliphatic rings. The largest absolute Gasteiger partial charge is 0.496 e. The molecule has 2 aromatic rings. The number of amides is 1. The summed E-state index contributed by atoms with van der Waals surface area (Å²) < 4.78 is 5.37. The molecule has 1 unspecified atom stereocenters. The molecule has 8 heteroatoms. The minimum Gasteiger partial charge on any atom is -0.496 e. The van der Waals surface area contributed by atoms with E-state index in [1.165, 1.54) is 11.8 Å². The van der Waals surface area contributed by atoms with Crippen molar-refractivity contribution in [2.24, 2.45) is 5.92 Å². The van der Waals surface area contributed by atoms with E-state index in [0.717, 1.165) is 17.1 Å². The van der Waals surface area contributed by atoms with Gasteiger partial charge in [0.05, 0.1) is 7.11 Å². The summed E-state index contributed by atoms with van der Waals surface area (Å²) in [5.41, 5.74) is 0.347. The SMILES string of the molecule is COc1ccc(C(=O)C(CSC(C)=O)C(=O)N2CCC[C@H]2C(=O)O)c2ccccc12. The standard InChI is InChI=1S/C22H23NO6S/c1-13(24)30-12-17(21(26)23-11-5-8-18(23)22(27)28)20(25)16-9-10-19(29-2)15-7-4-3-6-14(15)16/h3-4,6-7,9-10,17-18H,5,8,11-12H2,1-2H3,(H,27,28)/t17?,18-/m0/s1. The summed E-state index contributed by atoms with van der Waals surface area (Å²) in [4.78, 5) is 51.1. The highest BCUT2D eigenvalue weighted by Crippen LogP contribution is 2.31. The van der Waals surface area contributed by atoms with Crippen LogP contribution in [0.4, 0.5) is 0 Å². The fraction of sp³-hybridized carbons (Fsp3) is 0.364. The van der Waals surface area contributed by atoms with Crippen molar-refractivity contribution in [2.45, 2.75) is 25.8 Å². The molecule has 1 heterocycles. The number of Topliss-reactive ketones (excluding diaryl/α,β-unsaturated/α-hetero) is 1. The molecule has 7 nitrogen and oxygen atoms in total. The van der Waals surface area contributed by atoms with E-state index < -0.39 is 29.6 Å². The van der Waals surface area contributed by atoms with Gasteiger partial charge in [-0.3, -0.25) is 14.4 Å². The number of ketones is 1. The van der Waals surface area contributed by atoms with Gasteiger partial charge in [0, 0.05) is 30.2 Å². The highest BCUT2D eigenvalue weighted by molar-refractivity contribution is 8.13. The number of fused-ring (bicyclic) bond motifs is 1. The van der Waals surface area contributed by atoms with Crippen LogP contribution in [-0.2, 0) is 14.4 Å². The first-order chi connectivity index (χ1) is 14.3. The first-order valence-electron chi connectivity index (χ1n) is 9.61. The summed E-state index contributed by atoms with van der Waals surface area (Å²) in [6.45, 7) is 1.66. The Bertz CT molecular complexity index is 1000. The lowest BCUT2D eigenvalue weighted by atomic mass is 9.93. The number of methoxy groups -OCH3 is 1. The number of thioether (sulfide) groups is 1. The minimum atomic E-state index is -1.14. The molecule has 0 aromatic heterocycles. The zero-order valence-electron chi connectivity index (χ0n) is 16.8. The van der Waals surface area contributed by atoms with Crippen LogP contribution in [0, 0.1) is 5.92 Å². The van der Waals surface area contributed by atoms with Crippen LogP contribution in [0.15, 0.2) is 36.4 Å². The maximum atomic E-state index is 13.5. The van der Waals surface area contributed by atoms with Gasteiger partial charge in [-0.05, 0) is 30.4 Å². The van der Waals surface area contributed by atoms with Gasteiger partial charge < -0.3 is 14.7 Å². The third-order valence-electron chi connectivity index (χ3n) is 5.26. The van der Waals surface area contributed by atoms with Crippen molar-refractivity contribution in [3.05, 3.63) is 42.0 Å². The zero-order chi connectivity index (χ0) is 21.8. The van der Waals surface area contributed by atoms with Crippen molar-refractivity contribution in [2.75, 3.05) is 19.4 Å². The molecule has 0 aliphatic carbocycles. The fourth-order valence-corrected chi connectivity index (χ4v) is 4.49. The number of likely N-dealkylation sites (tertiary alicyclic amines) is 1. The number of carbonyl (C=O) groups excluding carboxylic acids is 3. The van der Waals surface area contributed by atoms with Crippen molar-refractivity contribution in [3.63, 3.8) is 0 Å². The summed E-state index contributed by atoms with van der Waals surface area (Å²) in [6, 6.07) is 9.57. The van der Waals surface area contributed by atoms with E-state index in [-0.39, 0.29) is 17.4 Å². The third kappa shape index (κ3) is 4.33. The second kappa shape index (κ2) is 9.30. The van der Waals surface area contributed by atoms with Crippen molar-refractivity contribution in [1.29, 1.82) is 0 Å². The number of benzene rings is 2. The second-order valence-corrected chi connectivity index (χ2v) is 8.31. The van der Waals surface area contributed by atoms with E-state index in [2.05, 4.69) is 0 Å². The number of rotatable bonds is 7. The van der Waals surface area contributed by atoms with Crippen LogP contribution in [0.1, 0.15) is 30.1 Å². The van der Waals surface area contributed by atoms with Crippen LogP contribution < -0.4 is 4.74 Å². The van der Waals surface area contributed by atoms with Gasteiger partial charge in [0.25, 0.3) is 0 Å². The number of ether oxygens (including phenoxy) is 1. The molecule has 1 fully saturated rings. The molecule has 1 amide bonds. The van der Waals surface area contributed by atoms with E-state index in [0.29, 0.717) is 29.5 Å². The Morgan fingerprint density at radius 1 is 1.17 bits per heavy atom. The molecule has 0 spiro atoms. The van der Waals surface area contributed by atoms with Gasteiger partial charge in [0.15, 0.2) is 10.9 Å². The van der Waals surface area contributed by atoms with Gasteiger partial charge in [-0.2, -0.15) is 0 Å². The van der Waals surface area contributed by atoms with Crippen LogP contribution in [-0.4, -0.2) is 58.2 Å². The molecule has 1 N–H and O–H groups in total. The number of carboxylic acids is 1. The molecule has 0 bridgehead atoms. The van der Waals surface area contributed by atoms with E-state index in [1.807, 2.05) is 12.1 Å². The maximum Gasteiger partial charge on any atom is 0.326 e. The van der Waals surface area contributed by atoms with E-state index in [1.54, 1.807) is 31.4 Å². The molecule has 158 valence electrons. The Morgan fingerprint density at radius 3 is 2.50 bits per heavy atom. The molecule has 1 aliphatic heterocycles. The van der Waals surface area contributed by atoms with Gasteiger partial charge in [-0.15, -0.1) is 0 Å². The van der Waals surface area contributed by atoms with E-state index >= 15 is 0 Å². The lowest BCUT2D eigenvalue weighted by Gasteiger charge is -2.26. The number of carbonyl (C=O) groups is 4. The molecule has 30 heavy (non-hydrogen) atoms. The smallest absolute Gasteiger partial charge is 0.326 e. The Kier molecular flexibility index (Phi) is 6.77. The van der Waals surface area contributed by atoms with Gasteiger partial charge in [0.2, 0.25) is 5.91 Å². The maximum absolute atomic E-state index is 13.5. The van der Waals surface area contributed by atoms with Crippen LogP contribution >= 0.6 is 11.8 Å². The first kappa shape index (κ1) is 21.8. The highest BCUT2D eigenvalue weighted by Gasteiger charge is 2.40. The summed E-state index contributed by atoms with van der Waals surface area (Å²) in [5, 5.41) is 10.6. The Balaban J connectivity index is 2.01. The summed E-state index contributed by atoms with van der Waals surface area (Å²) in [6.07, 6.45) is 0.919. The lowest BCUT2D eigenvalue weighted by Crippen LogP contribution is -2.46. The zero-order valence-corrected chi connectivity index (χ0v) is 17.6. The number of carboxylic acid groups (broad SMARTS) is 1. The van der Waals surface area contributed by atoms with Crippen LogP contribution in [0.25, 0.3) is 10.8 Å². The lowest BCUT2D eigenvalue weighted by molar-refractivity contribution is -0.149. The van der Waals surface area contributed by atoms with Gasteiger partial charge in [-0.1, -0.05) is 36.0 Å². The number of aliphatic carboxylic acids is 1. The normalized spacial score (nSPS) is 17.0. The molecule has 1 saturated heterocycles. The van der Waals surface area contributed by atoms with E-state index in [9.17, 15) is 24.3 Å². The number of nitrogens with zero attached hydrogens (tertiary/aromatic N) is 1. The number of hydrogen-bond acceptors (Lipinski definition) is 6. The predicted octanol–water partition coefficient (Wildman–Crippen LogP) is 3.00. The predicted molar refractivity (Wildman–Crippen MR) is 114 cm³/mol. The topological polar surface area (TPSA) is 101 Å². The Labute approximate surface area is 178 Å². The Hall–Kier alpha value is -2.87. The van der Waals surface area contributed by atoms with Gasteiger partial charge in [-0.25, -0.2) is 4.79 Å². The highest BCUT2D eigenvalue weighted by atomic mass is 32.2. The Morgan fingerprint density at radius 2 is 1.87 bits per heavy atom. The van der Waals surface area contributed by atoms with Crippen molar-refractivity contribution in [1.82, 2.24) is 4.90 Å². The molecular formula is C22H23NO6S. The average molecular weight is 429 g/mol. The van der Waals surface area contributed by atoms with Crippen LogP contribution in [0.2, 0.25) is 0 Å². The van der Waals surface area contributed by atoms with Crippen molar-refractivity contribution >= 4 is 45.3 Å². The summed E-state index contributed by atoms with van der Waals surface area (Å²) in [5.74, 6) is -2.62. The van der Waals surface area contributed by atoms with Crippen molar-refractivity contribution < 1.29 is 29.0 Å². The van der Waals surface area contributed by atoms with Gasteiger partial charge >= 0.3 is 5.97 Å². The monoisotopic (exact) mass is 429 g/mol. The average Bonchev–Trinajstić information content (AvgIpc) is 3.23. The van der Waals surface area contributed by atoms with Gasteiger partial charge in [0.1, 0.15) is 17.7 Å². The molecule has 2 atom stereocenters. The molecule has 0 saturated carbocycles. The summed E-state index contributed by atoms with van der Waals surface area (Å²) in [7, 11) is 1.54. The number of hydrogen-bond donors (Lipinski definition) is 1. The van der Waals surface area contributed by atoms with Crippen molar-refractivity contribution in [3.8, 4) is 5.75 Å².